The van der Waals surface area contributed by atoms with E-state index in [1.54, 1.807) is 57.8 Å². The van der Waals surface area contributed by atoms with Crippen LogP contribution in [-0.4, -0.2) is 0 Å². The fourth-order valence-electron chi connectivity index (χ4n) is 4.43. The molecular formula is C12H20. The Morgan fingerprint density at radius 3 is 2.42 bits per heavy atom. The van der Waals surface area contributed by atoms with Crippen LogP contribution < -0.4 is 0 Å². The van der Waals surface area contributed by atoms with Crippen LogP contribution in [0.4, 0.5) is 0 Å². The van der Waals surface area contributed by atoms with Gasteiger partial charge in [-0.05, 0) is 42.9 Å². The Morgan fingerprint density at radius 2 is 1.58 bits per heavy atom. The van der Waals surface area contributed by atoms with Crippen molar-refractivity contribution in [3.8, 4) is 0 Å². The first kappa shape index (κ1) is 7.41. The predicted octanol–water partition coefficient (Wildman–Crippen LogP) is 3.76. The molecule has 0 aromatic rings. The van der Waals surface area contributed by atoms with E-state index >= 15 is 0 Å². The van der Waals surface area contributed by atoms with Gasteiger partial charge in [-0.3, -0.25) is 0 Å². The molecule has 3 unspecified atom stereocenters. The van der Waals surface area contributed by atoms with Crippen LogP contribution in [-0.2, 0) is 0 Å². The summed E-state index contributed by atoms with van der Waals surface area (Å²) < 4.78 is 0. The molecular weight excluding hydrogens is 144 g/mol. The third-order valence-electron chi connectivity index (χ3n) is 4.96. The van der Waals surface area contributed by atoms with E-state index in [2.05, 4.69) is 0 Å². The molecule has 0 nitrogen and oxygen atoms in total. The van der Waals surface area contributed by atoms with E-state index in [0.29, 0.717) is 0 Å². The summed E-state index contributed by atoms with van der Waals surface area (Å²) in [6.07, 6.45) is 14.2. The molecule has 0 heterocycles. The quantitative estimate of drug-likeness (QED) is 0.511. The van der Waals surface area contributed by atoms with E-state index in [1.807, 2.05) is 0 Å². The lowest BCUT2D eigenvalue weighted by atomic mass is 9.48. The van der Waals surface area contributed by atoms with Crippen LogP contribution >= 0.6 is 0 Å². The molecule has 1 spiro atoms. The first-order chi connectivity index (χ1) is 5.91. The van der Waals surface area contributed by atoms with E-state index in [1.165, 1.54) is 11.8 Å². The summed E-state index contributed by atoms with van der Waals surface area (Å²) in [5.74, 6) is 2.36. The largest absolute Gasteiger partial charge is 0.0530 e. The van der Waals surface area contributed by atoms with Crippen LogP contribution in [0, 0.1) is 17.3 Å². The van der Waals surface area contributed by atoms with Crippen LogP contribution in [0.5, 0.6) is 0 Å². The Morgan fingerprint density at radius 1 is 0.833 bits per heavy atom. The van der Waals surface area contributed by atoms with Crippen molar-refractivity contribution in [1.29, 1.82) is 0 Å². The van der Waals surface area contributed by atoms with E-state index in [9.17, 15) is 0 Å². The van der Waals surface area contributed by atoms with Gasteiger partial charge in [0.1, 0.15) is 0 Å². The highest BCUT2D eigenvalue weighted by Gasteiger charge is 2.54. The second-order valence-corrected chi connectivity index (χ2v) is 5.42. The molecule has 68 valence electrons. The van der Waals surface area contributed by atoms with Crippen molar-refractivity contribution in [2.75, 3.05) is 0 Å². The van der Waals surface area contributed by atoms with Gasteiger partial charge in [-0.2, -0.15) is 0 Å². The van der Waals surface area contributed by atoms with Gasteiger partial charge in [0.25, 0.3) is 0 Å². The minimum atomic E-state index is 0.902. The molecule has 0 aromatic heterocycles. The van der Waals surface area contributed by atoms with Gasteiger partial charge in [-0.25, -0.2) is 0 Å². The Kier molecular flexibility index (Phi) is 1.54. The van der Waals surface area contributed by atoms with Gasteiger partial charge in [0.05, 0.1) is 0 Å². The van der Waals surface area contributed by atoms with Gasteiger partial charge in [0, 0.05) is 0 Å². The summed E-state index contributed by atoms with van der Waals surface area (Å²) in [6, 6.07) is 0. The summed E-state index contributed by atoms with van der Waals surface area (Å²) in [7, 11) is 0. The summed E-state index contributed by atoms with van der Waals surface area (Å²) >= 11 is 0. The topological polar surface area (TPSA) is 0 Å². The first-order valence-corrected chi connectivity index (χ1v) is 5.91. The second kappa shape index (κ2) is 2.49. The third-order valence-corrected chi connectivity index (χ3v) is 4.96. The molecule has 4 fully saturated rings. The minimum absolute atomic E-state index is 0.902. The Balaban J connectivity index is 1.84. The lowest BCUT2D eigenvalue weighted by Gasteiger charge is -2.57. The third kappa shape index (κ3) is 0.843. The first-order valence-electron chi connectivity index (χ1n) is 5.91. The number of fused-ring (bicyclic) bond motifs is 3. The molecule has 4 aliphatic carbocycles. The van der Waals surface area contributed by atoms with Crippen molar-refractivity contribution in [2.24, 2.45) is 17.3 Å². The highest BCUT2D eigenvalue weighted by molar-refractivity contribution is 5.04. The fourth-order valence-corrected chi connectivity index (χ4v) is 4.43. The van der Waals surface area contributed by atoms with Crippen LogP contribution in [0.3, 0.4) is 0 Å². The molecule has 2 bridgehead atoms. The molecule has 0 aliphatic heterocycles. The minimum Gasteiger partial charge on any atom is -0.0530 e. The van der Waals surface area contributed by atoms with Gasteiger partial charge >= 0.3 is 0 Å². The van der Waals surface area contributed by atoms with Crippen LogP contribution in [0.15, 0.2) is 0 Å². The van der Waals surface area contributed by atoms with E-state index in [0.717, 1.165) is 5.41 Å². The number of hydrogen-bond acceptors (Lipinski definition) is 0. The van der Waals surface area contributed by atoms with Crippen molar-refractivity contribution in [1.82, 2.24) is 0 Å². The molecule has 0 amide bonds. The van der Waals surface area contributed by atoms with Crippen LogP contribution in [0.1, 0.15) is 57.8 Å². The molecule has 0 heteroatoms. The Hall–Kier alpha value is 0. The zero-order valence-electron chi connectivity index (χ0n) is 8.02. The van der Waals surface area contributed by atoms with Crippen molar-refractivity contribution in [2.45, 2.75) is 57.8 Å². The Labute approximate surface area is 75.7 Å². The maximum absolute atomic E-state index is 1.62. The normalized spacial score (nSPS) is 52.0. The second-order valence-electron chi connectivity index (χ2n) is 5.42. The van der Waals surface area contributed by atoms with Gasteiger partial charge in [-0.1, -0.05) is 32.1 Å². The maximum atomic E-state index is 1.62. The van der Waals surface area contributed by atoms with E-state index < -0.39 is 0 Å². The van der Waals surface area contributed by atoms with Gasteiger partial charge in [0.2, 0.25) is 0 Å². The number of hydrogen-bond donors (Lipinski definition) is 0. The van der Waals surface area contributed by atoms with Crippen molar-refractivity contribution < 1.29 is 0 Å². The van der Waals surface area contributed by atoms with Crippen molar-refractivity contribution >= 4 is 0 Å². The van der Waals surface area contributed by atoms with E-state index in [4.69, 9.17) is 0 Å². The molecule has 4 saturated carbocycles. The van der Waals surface area contributed by atoms with Crippen LogP contribution in [0.25, 0.3) is 0 Å². The maximum Gasteiger partial charge on any atom is -0.0264 e. The molecule has 0 radical (unpaired) electrons. The van der Waals surface area contributed by atoms with Crippen molar-refractivity contribution in [3.63, 3.8) is 0 Å². The smallest absolute Gasteiger partial charge is 0.0264 e. The summed E-state index contributed by atoms with van der Waals surface area (Å²) in [6.45, 7) is 0. The summed E-state index contributed by atoms with van der Waals surface area (Å²) in [5, 5.41) is 0. The highest BCUT2D eigenvalue weighted by atomic mass is 14.6. The molecule has 0 saturated heterocycles. The van der Waals surface area contributed by atoms with Gasteiger partial charge in [-0.15, -0.1) is 0 Å². The molecule has 4 aliphatic rings. The zero-order chi connectivity index (χ0) is 8.02. The van der Waals surface area contributed by atoms with Crippen molar-refractivity contribution in [3.05, 3.63) is 0 Å². The number of rotatable bonds is 0. The Bertz CT molecular complexity index is 180. The van der Waals surface area contributed by atoms with Gasteiger partial charge in [0.15, 0.2) is 0 Å². The SMILES string of the molecule is C1CCC23CCCCC2C(C1)C3. The predicted molar refractivity (Wildman–Crippen MR) is 51.0 cm³/mol. The standard InChI is InChI=1S/C12H20/c1-3-7-12-8-4-2-6-11(12)10(5-1)9-12/h10-11H,1-9H2. The molecule has 0 N–H and O–H groups in total. The molecule has 4 rings (SSSR count). The zero-order valence-corrected chi connectivity index (χ0v) is 8.02. The summed E-state index contributed by atoms with van der Waals surface area (Å²) in [4.78, 5) is 0. The lowest BCUT2D eigenvalue weighted by Crippen LogP contribution is -2.48. The average molecular weight is 164 g/mol. The monoisotopic (exact) mass is 164 g/mol. The molecule has 0 aromatic carbocycles. The molecule has 3 atom stereocenters. The van der Waals surface area contributed by atoms with Crippen LogP contribution in [0.2, 0.25) is 0 Å². The van der Waals surface area contributed by atoms with E-state index in [-0.39, 0.29) is 0 Å². The fraction of sp³-hybridized carbons (Fsp3) is 1.00. The molecule has 12 heavy (non-hydrogen) atoms. The highest BCUT2D eigenvalue weighted by Crippen LogP contribution is 2.64. The summed E-state index contributed by atoms with van der Waals surface area (Å²) in [5.41, 5.74) is 0.902. The average Bonchev–Trinajstić information content (AvgIpc) is 2.35. The van der Waals surface area contributed by atoms with Gasteiger partial charge < -0.3 is 0 Å². The lowest BCUT2D eigenvalue weighted by molar-refractivity contribution is -0.0738.